The summed E-state index contributed by atoms with van der Waals surface area (Å²) >= 11 is 13.6. The Morgan fingerprint density at radius 2 is 1.76 bits per heavy atom. The predicted molar refractivity (Wildman–Crippen MR) is 199 cm³/mol. The van der Waals surface area contributed by atoms with Crippen LogP contribution >= 0.6 is 34.5 Å². The summed E-state index contributed by atoms with van der Waals surface area (Å²) < 4.78 is 21.8. The number of esters is 1. The Hall–Kier alpha value is -4.57. The molecule has 0 bridgehead atoms. The van der Waals surface area contributed by atoms with Crippen LogP contribution in [0.5, 0.6) is 11.5 Å². The van der Waals surface area contributed by atoms with Gasteiger partial charge in [-0.1, -0.05) is 58.8 Å². The molecule has 1 aliphatic rings. The minimum atomic E-state index is -0.772. The lowest BCUT2D eigenvalue weighted by atomic mass is 9.95. The summed E-state index contributed by atoms with van der Waals surface area (Å²) in [7, 11) is 0. The van der Waals surface area contributed by atoms with Crippen LogP contribution in [-0.2, 0) is 16.1 Å². The van der Waals surface area contributed by atoms with Gasteiger partial charge < -0.3 is 18.8 Å². The van der Waals surface area contributed by atoms with Gasteiger partial charge in [0.05, 0.1) is 28.5 Å². The van der Waals surface area contributed by atoms with Gasteiger partial charge in [-0.3, -0.25) is 9.36 Å². The molecule has 0 amide bonds. The van der Waals surface area contributed by atoms with Gasteiger partial charge in [-0.25, -0.2) is 9.79 Å². The quantitative estimate of drug-likeness (QED) is 0.137. The third-order valence-corrected chi connectivity index (χ3v) is 9.92. The van der Waals surface area contributed by atoms with Gasteiger partial charge in [-0.05, 0) is 102 Å². The lowest BCUT2D eigenvalue weighted by Gasteiger charge is -2.26. The summed E-state index contributed by atoms with van der Waals surface area (Å²) in [6, 6.07) is 21.9. The second kappa shape index (κ2) is 14.7. The summed E-state index contributed by atoms with van der Waals surface area (Å²) in [6.45, 7) is 12.0. The van der Waals surface area contributed by atoms with E-state index in [1.807, 2.05) is 88.4 Å². The van der Waals surface area contributed by atoms with Crippen molar-refractivity contribution in [2.24, 2.45) is 4.99 Å². The predicted octanol–water partition coefficient (Wildman–Crippen LogP) is 7.88. The molecule has 0 aliphatic carbocycles. The number of halogens is 2. The van der Waals surface area contributed by atoms with E-state index in [1.54, 1.807) is 30.5 Å². The van der Waals surface area contributed by atoms with E-state index < -0.39 is 12.0 Å². The van der Waals surface area contributed by atoms with Crippen molar-refractivity contribution in [1.82, 2.24) is 9.13 Å². The van der Waals surface area contributed by atoms with Gasteiger partial charge in [-0.15, -0.1) is 0 Å². The molecule has 0 unspecified atom stereocenters. The molecule has 0 fully saturated rings. The topological polar surface area (TPSA) is 84.0 Å². The fourth-order valence-electron chi connectivity index (χ4n) is 6.12. The first-order valence-corrected chi connectivity index (χ1v) is 17.8. The normalized spacial score (nSPS) is 14.5. The minimum Gasteiger partial charge on any atom is -0.491 e. The zero-order chi connectivity index (χ0) is 35.7. The number of hydrogen-bond acceptors (Lipinski definition) is 7. The van der Waals surface area contributed by atoms with Gasteiger partial charge in [0.15, 0.2) is 4.80 Å². The van der Waals surface area contributed by atoms with E-state index in [0.29, 0.717) is 54.3 Å². The molecule has 1 aliphatic heterocycles. The number of rotatable bonds is 10. The molecule has 0 saturated carbocycles. The average Bonchev–Trinajstić information content (AvgIpc) is 3.53. The number of aryl methyl sites for hydroxylation is 1. The largest absolute Gasteiger partial charge is 0.491 e. The van der Waals surface area contributed by atoms with Crippen LogP contribution in [0.25, 0.3) is 11.8 Å². The average molecular weight is 731 g/mol. The highest BCUT2D eigenvalue weighted by atomic mass is 35.5. The van der Waals surface area contributed by atoms with E-state index in [-0.39, 0.29) is 18.3 Å². The third kappa shape index (κ3) is 7.03. The van der Waals surface area contributed by atoms with Crippen LogP contribution in [0.4, 0.5) is 0 Å². The van der Waals surface area contributed by atoms with E-state index in [0.717, 1.165) is 28.2 Å². The molecule has 3 heterocycles. The number of fused-ring (bicyclic) bond motifs is 1. The van der Waals surface area contributed by atoms with Crippen LogP contribution in [0.1, 0.15) is 61.8 Å². The van der Waals surface area contributed by atoms with Crippen molar-refractivity contribution < 1.29 is 19.0 Å². The van der Waals surface area contributed by atoms with Gasteiger partial charge >= 0.3 is 5.97 Å². The summed E-state index contributed by atoms with van der Waals surface area (Å²) in [6.07, 6.45) is 1.78. The smallest absolute Gasteiger partial charge is 0.338 e. The molecule has 258 valence electrons. The van der Waals surface area contributed by atoms with Crippen LogP contribution < -0.4 is 24.4 Å². The van der Waals surface area contributed by atoms with E-state index in [1.165, 1.54) is 11.3 Å². The van der Waals surface area contributed by atoms with E-state index in [9.17, 15) is 9.59 Å². The SMILES string of the molecule is CCOC(=O)C1=C(C)N=c2s/c(=C\c3cc(C)n(-c4ccc(OCc5ccc(Cl)cc5Cl)cc4)c3C)c(=O)n2[C@@H]1c1ccccc1OC(C)C. The van der Waals surface area contributed by atoms with Crippen LogP contribution in [0, 0.1) is 13.8 Å². The molecular weight excluding hydrogens is 693 g/mol. The highest BCUT2D eigenvalue weighted by molar-refractivity contribution is 7.07. The van der Waals surface area contributed by atoms with Crippen molar-refractivity contribution in [3.05, 3.63) is 142 Å². The molecule has 0 saturated heterocycles. The standard InChI is InChI=1S/C39H37Cl2N3O5S/c1-7-47-38(46)35-24(5)42-39-44(36(35)31-10-8-9-11-33(31)49-22(2)3)37(45)34(50-39)19-27-18-23(4)43(25(27)6)29-14-16-30(17-15-29)48-21-26-12-13-28(40)20-32(26)41/h8-20,22,36H,7,21H2,1-6H3/b34-19-/t36-/m1/s1. The number of ether oxygens (including phenoxy) is 3. The first kappa shape index (κ1) is 35.3. The number of carbonyl (C=O) groups is 1. The first-order chi connectivity index (χ1) is 24.0. The van der Waals surface area contributed by atoms with Crippen molar-refractivity contribution in [3.63, 3.8) is 0 Å². The lowest BCUT2D eigenvalue weighted by molar-refractivity contribution is -0.139. The van der Waals surface area contributed by atoms with Crippen molar-refractivity contribution in [2.45, 2.75) is 60.3 Å². The van der Waals surface area contributed by atoms with Crippen LogP contribution in [0.2, 0.25) is 10.0 Å². The highest BCUT2D eigenvalue weighted by Gasteiger charge is 2.35. The Morgan fingerprint density at radius 1 is 1.02 bits per heavy atom. The number of thiazole rings is 1. The fourth-order valence-corrected chi connectivity index (χ4v) is 7.62. The monoisotopic (exact) mass is 729 g/mol. The minimum absolute atomic E-state index is 0.115. The molecule has 5 aromatic rings. The van der Waals surface area contributed by atoms with Crippen molar-refractivity contribution >= 4 is 46.6 Å². The number of benzene rings is 3. The van der Waals surface area contributed by atoms with Gasteiger partial charge in [0.2, 0.25) is 0 Å². The van der Waals surface area contributed by atoms with Crippen molar-refractivity contribution in [1.29, 1.82) is 0 Å². The van der Waals surface area contributed by atoms with E-state index in [4.69, 9.17) is 42.4 Å². The molecule has 0 spiro atoms. The summed E-state index contributed by atoms with van der Waals surface area (Å²) in [5, 5.41) is 1.14. The first-order valence-electron chi connectivity index (χ1n) is 16.3. The van der Waals surface area contributed by atoms with Gasteiger partial charge in [0, 0.05) is 38.2 Å². The highest BCUT2D eigenvalue weighted by Crippen LogP contribution is 2.36. The van der Waals surface area contributed by atoms with Gasteiger partial charge in [0.1, 0.15) is 24.1 Å². The van der Waals surface area contributed by atoms with Crippen molar-refractivity contribution in [3.8, 4) is 17.2 Å². The number of carbonyl (C=O) groups excluding carboxylic acids is 1. The number of nitrogens with zero attached hydrogens (tertiary/aromatic N) is 3. The van der Waals surface area contributed by atoms with E-state index >= 15 is 0 Å². The summed E-state index contributed by atoms with van der Waals surface area (Å²) in [5.41, 5.74) is 5.91. The molecule has 0 radical (unpaired) electrons. The Morgan fingerprint density at radius 3 is 2.46 bits per heavy atom. The number of hydrogen-bond donors (Lipinski definition) is 0. The second-order valence-corrected chi connectivity index (χ2v) is 14.0. The van der Waals surface area contributed by atoms with Gasteiger partial charge in [-0.2, -0.15) is 0 Å². The van der Waals surface area contributed by atoms with Crippen LogP contribution in [-0.4, -0.2) is 27.8 Å². The molecule has 11 heteroatoms. The molecule has 2 aromatic heterocycles. The molecule has 50 heavy (non-hydrogen) atoms. The molecular formula is C39H37Cl2N3O5S. The van der Waals surface area contributed by atoms with E-state index in [2.05, 4.69) is 10.6 Å². The maximum atomic E-state index is 14.3. The summed E-state index contributed by atoms with van der Waals surface area (Å²) in [4.78, 5) is 32.9. The van der Waals surface area contributed by atoms with Crippen molar-refractivity contribution in [2.75, 3.05) is 6.61 Å². The Bertz CT molecular complexity index is 2300. The van der Waals surface area contributed by atoms with Crippen LogP contribution in [0.15, 0.2) is 93.9 Å². The Labute approximate surface area is 304 Å². The third-order valence-electron chi connectivity index (χ3n) is 8.35. The Balaban J connectivity index is 1.37. The maximum absolute atomic E-state index is 14.3. The molecule has 0 N–H and O–H groups in total. The number of allylic oxidation sites excluding steroid dienone is 1. The molecule has 3 aromatic carbocycles. The number of aromatic nitrogens is 2. The molecule has 6 rings (SSSR count). The second-order valence-electron chi connectivity index (χ2n) is 12.2. The molecule has 1 atom stereocenters. The lowest BCUT2D eigenvalue weighted by Crippen LogP contribution is -2.40. The van der Waals surface area contributed by atoms with Crippen LogP contribution in [0.3, 0.4) is 0 Å². The van der Waals surface area contributed by atoms with Gasteiger partial charge in [0.25, 0.3) is 5.56 Å². The summed E-state index contributed by atoms with van der Waals surface area (Å²) in [5.74, 6) is 0.782. The molecule has 8 nitrogen and oxygen atoms in total. The zero-order valence-electron chi connectivity index (χ0n) is 28.6. The fraction of sp³-hybridized carbons (Fsp3) is 0.256. The number of para-hydroxylation sites is 1. The Kier molecular flexibility index (Phi) is 10.4. The zero-order valence-corrected chi connectivity index (χ0v) is 30.9. The maximum Gasteiger partial charge on any atom is 0.338 e.